The van der Waals surface area contributed by atoms with Gasteiger partial charge in [0.05, 0.1) is 13.7 Å². The van der Waals surface area contributed by atoms with Crippen molar-refractivity contribution >= 4 is 17.7 Å². The van der Waals surface area contributed by atoms with Crippen molar-refractivity contribution < 1.29 is 14.6 Å². The Hall–Kier alpha value is -0.260. The lowest BCUT2D eigenvalue weighted by molar-refractivity contribution is -0.142. The van der Waals surface area contributed by atoms with Gasteiger partial charge in [-0.05, 0) is 20.1 Å². The zero-order chi connectivity index (χ0) is 11.1. The van der Waals surface area contributed by atoms with E-state index in [1.54, 1.807) is 18.7 Å². The third-order valence-electron chi connectivity index (χ3n) is 2.11. The molecular weight excluding hydrogens is 202 g/mol. The van der Waals surface area contributed by atoms with Crippen LogP contribution in [0.25, 0.3) is 0 Å². The van der Waals surface area contributed by atoms with Gasteiger partial charge >= 0.3 is 5.97 Å². The highest BCUT2D eigenvalue weighted by molar-refractivity contribution is 7.99. The molecule has 14 heavy (non-hydrogen) atoms. The van der Waals surface area contributed by atoms with Crippen LogP contribution in [0.3, 0.4) is 0 Å². The normalized spacial score (nSPS) is 17.2. The van der Waals surface area contributed by atoms with Gasteiger partial charge in [-0.15, -0.1) is 0 Å². The summed E-state index contributed by atoms with van der Waals surface area (Å²) in [6.07, 6.45) is 1.93. The predicted molar refractivity (Wildman–Crippen MR) is 58.5 cm³/mol. The van der Waals surface area contributed by atoms with E-state index in [9.17, 15) is 4.79 Å². The summed E-state index contributed by atoms with van der Waals surface area (Å²) in [6, 6.07) is -0.264. The van der Waals surface area contributed by atoms with Crippen molar-refractivity contribution in [3.8, 4) is 0 Å². The van der Waals surface area contributed by atoms with Gasteiger partial charge in [0.1, 0.15) is 6.04 Å². The number of aliphatic hydroxyl groups excluding tert-OH is 1. The van der Waals surface area contributed by atoms with Crippen molar-refractivity contribution in [3.63, 3.8) is 0 Å². The molecule has 84 valence electrons. The fraction of sp³-hybridized carbons (Fsp3) is 0.889. The summed E-state index contributed by atoms with van der Waals surface area (Å²) < 4.78 is 4.59. The van der Waals surface area contributed by atoms with Crippen LogP contribution < -0.4 is 5.32 Å². The Labute approximate surface area is 89.4 Å². The minimum Gasteiger partial charge on any atom is -0.468 e. The van der Waals surface area contributed by atoms with Crippen molar-refractivity contribution in [2.75, 3.05) is 20.0 Å². The van der Waals surface area contributed by atoms with Gasteiger partial charge in [-0.1, -0.05) is 0 Å². The third-order valence-corrected chi connectivity index (χ3v) is 3.27. The molecule has 0 aliphatic rings. The van der Waals surface area contributed by atoms with E-state index in [1.165, 1.54) is 7.11 Å². The number of hydrogen-bond acceptors (Lipinski definition) is 5. The number of esters is 1. The second-order valence-electron chi connectivity index (χ2n) is 3.16. The summed E-state index contributed by atoms with van der Waals surface area (Å²) in [7, 11) is 1.36. The average Bonchev–Trinajstić information content (AvgIpc) is 2.18. The smallest absolute Gasteiger partial charge is 0.322 e. The molecule has 0 rings (SSSR count). The standard InChI is InChI=1S/C9H19NO3S/c1-6(8(5-11)14-4)10-7(2)9(12)13-3/h6-8,10-11H,5H2,1-4H3. The summed E-state index contributed by atoms with van der Waals surface area (Å²) in [5, 5.41) is 12.2. The number of hydrogen-bond donors (Lipinski definition) is 2. The summed E-state index contributed by atoms with van der Waals surface area (Å²) in [5.74, 6) is -0.283. The molecule has 0 saturated heterocycles. The summed E-state index contributed by atoms with van der Waals surface area (Å²) >= 11 is 1.57. The zero-order valence-electron chi connectivity index (χ0n) is 9.11. The molecule has 0 aromatic rings. The molecule has 4 nitrogen and oxygen atoms in total. The highest BCUT2D eigenvalue weighted by atomic mass is 32.2. The molecule has 0 aromatic heterocycles. The van der Waals surface area contributed by atoms with Crippen molar-refractivity contribution in [1.29, 1.82) is 0 Å². The van der Waals surface area contributed by atoms with Crippen LogP contribution in [-0.4, -0.2) is 48.4 Å². The number of carbonyl (C=O) groups excluding carboxylic acids is 1. The number of nitrogens with one attached hydrogen (secondary N) is 1. The van der Waals surface area contributed by atoms with Crippen molar-refractivity contribution in [2.24, 2.45) is 0 Å². The summed E-state index contributed by atoms with van der Waals surface area (Å²) in [6.45, 7) is 3.79. The predicted octanol–water partition coefficient (Wildman–Crippen LogP) is 0.250. The van der Waals surface area contributed by atoms with E-state index in [1.807, 2.05) is 13.2 Å². The van der Waals surface area contributed by atoms with E-state index in [2.05, 4.69) is 10.1 Å². The van der Waals surface area contributed by atoms with Crippen LogP contribution in [0, 0.1) is 0 Å². The Morgan fingerprint density at radius 2 is 2.14 bits per heavy atom. The maximum atomic E-state index is 11.1. The fourth-order valence-corrected chi connectivity index (χ4v) is 1.82. The van der Waals surface area contributed by atoms with E-state index in [0.29, 0.717) is 0 Å². The van der Waals surface area contributed by atoms with Crippen LogP contribution in [0.15, 0.2) is 0 Å². The lowest BCUT2D eigenvalue weighted by Crippen LogP contribution is -2.46. The molecule has 3 atom stereocenters. The highest BCUT2D eigenvalue weighted by Gasteiger charge is 2.20. The molecule has 0 radical (unpaired) electrons. The number of rotatable bonds is 6. The van der Waals surface area contributed by atoms with Gasteiger partial charge in [0.2, 0.25) is 0 Å². The van der Waals surface area contributed by atoms with E-state index in [-0.39, 0.29) is 29.9 Å². The number of thioether (sulfide) groups is 1. The molecule has 3 unspecified atom stereocenters. The first-order chi connectivity index (χ1) is 6.56. The van der Waals surface area contributed by atoms with Gasteiger partial charge < -0.3 is 15.2 Å². The molecule has 0 bridgehead atoms. The number of carbonyl (C=O) groups is 1. The molecule has 0 aliphatic heterocycles. The van der Waals surface area contributed by atoms with Crippen molar-refractivity contribution in [3.05, 3.63) is 0 Å². The van der Waals surface area contributed by atoms with Crippen LogP contribution in [0.2, 0.25) is 0 Å². The van der Waals surface area contributed by atoms with Crippen LogP contribution in [0.4, 0.5) is 0 Å². The van der Waals surface area contributed by atoms with Crippen molar-refractivity contribution in [1.82, 2.24) is 5.32 Å². The van der Waals surface area contributed by atoms with Gasteiger partial charge in [-0.2, -0.15) is 11.8 Å². The van der Waals surface area contributed by atoms with Crippen LogP contribution >= 0.6 is 11.8 Å². The van der Waals surface area contributed by atoms with E-state index in [0.717, 1.165) is 0 Å². The summed E-state index contributed by atoms with van der Waals surface area (Å²) in [4.78, 5) is 11.1. The molecule has 0 aliphatic carbocycles. The first-order valence-corrected chi connectivity index (χ1v) is 5.83. The zero-order valence-corrected chi connectivity index (χ0v) is 9.93. The minimum atomic E-state index is -0.337. The number of aliphatic hydroxyl groups is 1. The fourth-order valence-electron chi connectivity index (χ4n) is 1.18. The minimum absolute atomic E-state index is 0.0732. The quantitative estimate of drug-likeness (QED) is 0.630. The second kappa shape index (κ2) is 7.09. The van der Waals surface area contributed by atoms with Gasteiger partial charge in [0.25, 0.3) is 0 Å². The maximum Gasteiger partial charge on any atom is 0.322 e. The van der Waals surface area contributed by atoms with Gasteiger partial charge in [-0.25, -0.2) is 0 Å². The molecule has 0 saturated carbocycles. The third kappa shape index (κ3) is 4.30. The lowest BCUT2D eigenvalue weighted by atomic mass is 10.2. The average molecular weight is 221 g/mol. The maximum absolute atomic E-state index is 11.1. The Bertz CT molecular complexity index is 173. The van der Waals surface area contributed by atoms with E-state index in [4.69, 9.17) is 5.11 Å². The van der Waals surface area contributed by atoms with Gasteiger partial charge in [-0.3, -0.25) is 4.79 Å². The summed E-state index contributed by atoms with van der Waals surface area (Å²) in [5.41, 5.74) is 0. The lowest BCUT2D eigenvalue weighted by Gasteiger charge is -2.24. The monoisotopic (exact) mass is 221 g/mol. The molecular formula is C9H19NO3S. The van der Waals surface area contributed by atoms with Gasteiger partial charge in [0, 0.05) is 11.3 Å². The van der Waals surface area contributed by atoms with E-state index >= 15 is 0 Å². The van der Waals surface area contributed by atoms with Crippen molar-refractivity contribution in [2.45, 2.75) is 31.2 Å². The molecule has 0 aromatic carbocycles. The SMILES string of the molecule is COC(=O)C(C)NC(C)C(CO)SC. The second-order valence-corrected chi connectivity index (χ2v) is 4.23. The Kier molecular flexibility index (Phi) is 6.96. The topological polar surface area (TPSA) is 58.6 Å². The van der Waals surface area contributed by atoms with E-state index < -0.39 is 0 Å². The first-order valence-electron chi connectivity index (χ1n) is 4.54. The first kappa shape index (κ1) is 13.7. The molecule has 0 heterocycles. The van der Waals surface area contributed by atoms with Gasteiger partial charge in [0.15, 0.2) is 0 Å². The Morgan fingerprint density at radius 1 is 1.57 bits per heavy atom. The van der Waals surface area contributed by atoms with Crippen LogP contribution in [0.5, 0.6) is 0 Å². The molecule has 0 spiro atoms. The molecule has 0 amide bonds. The Morgan fingerprint density at radius 3 is 2.50 bits per heavy atom. The molecule has 0 fully saturated rings. The highest BCUT2D eigenvalue weighted by Crippen LogP contribution is 2.10. The largest absolute Gasteiger partial charge is 0.468 e. The van der Waals surface area contributed by atoms with Crippen LogP contribution in [-0.2, 0) is 9.53 Å². The molecule has 2 N–H and O–H groups in total. The Balaban J connectivity index is 4.03. The number of methoxy groups -OCH3 is 1. The van der Waals surface area contributed by atoms with Crippen LogP contribution in [0.1, 0.15) is 13.8 Å². The molecule has 5 heteroatoms. The number of ether oxygens (including phenoxy) is 1.